The number of benzene rings is 2. The number of hydrogen-bond donors (Lipinski definition) is 2. The molecule has 2 N–H and O–H groups in total. The Morgan fingerprint density at radius 3 is 2.26 bits per heavy atom. The van der Waals surface area contributed by atoms with Crippen molar-refractivity contribution in [2.75, 3.05) is 15.8 Å². The number of nitrogens with zero attached hydrogens (tertiary/aromatic N) is 2. The Morgan fingerprint density at radius 1 is 1.06 bits per heavy atom. The first-order valence-electron chi connectivity index (χ1n) is 9.15. The highest BCUT2D eigenvalue weighted by Gasteiger charge is 2.40. The number of carbonyl (C=O) groups excluding carboxylic acids is 1. The van der Waals surface area contributed by atoms with Crippen molar-refractivity contribution in [1.82, 2.24) is 9.78 Å². The molecule has 0 spiro atoms. The Labute approximate surface area is 176 Å². The summed E-state index contributed by atoms with van der Waals surface area (Å²) in [5.41, 5.74) is -0.586. The number of sulfonamides is 1. The van der Waals surface area contributed by atoms with Crippen LogP contribution in [-0.2, 0) is 16.2 Å². The van der Waals surface area contributed by atoms with Crippen LogP contribution in [0.3, 0.4) is 0 Å². The maximum atomic E-state index is 13.8. The van der Waals surface area contributed by atoms with Gasteiger partial charge in [0.2, 0.25) is 10.0 Å². The normalized spacial score (nSPS) is 11.9. The molecule has 164 valence electrons. The number of para-hydroxylation sites is 1. The van der Waals surface area contributed by atoms with E-state index in [9.17, 15) is 26.4 Å². The number of rotatable bonds is 6. The lowest BCUT2D eigenvalue weighted by Crippen LogP contribution is -2.21. The summed E-state index contributed by atoms with van der Waals surface area (Å²) in [5, 5.41) is 6.18. The molecule has 0 unspecified atom stereocenters. The highest BCUT2D eigenvalue weighted by molar-refractivity contribution is 7.92. The summed E-state index contributed by atoms with van der Waals surface area (Å²) < 4.78 is 67.6. The maximum absolute atomic E-state index is 13.8. The average molecular weight is 452 g/mol. The van der Waals surface area contributed by atoms with Crippen LogP contribution in [-0.4, -0.2) is 29.9 Å². The molecule has 1 amide bonds. The topological polar surface area (TPSA) is 93.1 Å². The van der Waals surface area contributed by atoms with E-state index >= 15 is 0 Å². The SMILES string of the molecule is CCS(=O)(=O)Nc1ccc(NC(=O)c2cnn(-c3ccccc3C)c2C(F)(F)F)cc1. The Morgan fingerprint density at radius 2 is 1.68 bits per heavy atom. The fraction of sp³-hybridized carbons (Fsp3) is 0.200. The van der Waals surface area contributed by atoms with Gasteiger partial charge in [0.25, 0.3) is 5.91 Å². The molecule has 0 atom stereocenters. The van der Waals surface area contributed by atoms with E-state index in [-0.39, 0.29) is 22.8 Å². The smallest absolute Gasteiger partial charge is 0.322 e. The molecule has 7 nitrogen and oxygen atoms in total. The number of amides is 1. The fourth-order valence-corrected chi connectivity index (χ4v) is 3.48. The fourth-order valence-electron chi connectivity index (χ4n) is 2.84. The average Bonchev–Trinajstić information content (AvgIpc) is 3.15. The van der Waals surface area contributed by atoms with Crippen LogP contribution in [0.2, 0.25) is 0 Å². The Kier molecular flexibility index (Phi) is 6.07. The molecule has 0 radical (unpaired) electrons. The van der Waals surface area contributed by atoms with Crippen LogP contribution in [0.5, 0.6) is 0 Å². The molecule has 11 heteroatoms. The molecule has 0 saturated carbocycles. The molecular weight excluding hydrogens is 433 g/mol. The van der Waals surface area contributed by atoms with Gasteiger partial charge >= 0.3 is 6.18 Å². The van der Waals surface area contributed by atoms with Gasteiger partial charge in [-0.1, -0.05) is 18.2 Å². The molecule has 31 heavy (non-hydrogen) atoms. The summed E-state index contributed by atoms with van der Waals surface area (Å²) in [7, 11) is -3.47. The van der Waals surface area contributed by atoms with Crippen LogP contribution < -0.4 is 10.0 Å². The first-order chi connectivity index (χ1) is 14.5. The van der Waals surface area contributed by atoms with Crippen molar-refractivity contribution in [3.63, 3.8) is 0 Å². The van der Waals surface area contributed by atoms with Gasteiger partial charge in [0.1, 0.15) is 0 Å². The second-order valence-electron chi connectivity index (χ2n) is 6.64. The van der Waals surface area contributed by atoms with Crippen LogP contribution in [0, 0.1) is 6.92 Å². The number of aryl methyl sites for hydroxylation is 1. The van der Waals surface area contributed by atoms with E-state index in [1.54, 1.807) is 25.1 Å². The highest BCUT2D eigenvalue weighted by Crippen LogP contribution is 2.34. The molecule has 0 aliphatic heterocycles. The minimum atomic E-state index is -4.83. The van der Waals surface area contributed by atoms with Crippen LogP contribution in [0.15, 0.2) is 54.7 Å². The van der Waals surface area contributed by atoms with Crippen LogP contribution in [0.25, 0.3) is 5.69 Å². The van der Waals surface area contributed by atoms with E-state index in [0.29, 0.717) is 10.2 Å². The third-order valence-corrected chi connectivity index (χ3v) is 5.73. The van der Waals surface area contributed by atoms with Crippen LogP contribution >= 0.6 is 0 Å². The molecule has 0 saturated heterocycles. The van der Waals surface area contributed by atoms with Crippen molar-refractivity contribution >= 4 is 27.3 Å². The zero-order valence-corrected chi connectivity index (χ0v) is 17.4. The van der Waals surface area contributed by atoms with Gasteiger partial charge in [0.15, 0.2) is 5.69 Å². The number of nitrogens with one attached hydrogen (secondary N) is 2. The highest BCUT2D eigenvalue weighted by atomic mass is 32.2. The predicted molar refractivity (Wildman–Crippen MR) is 111 cm³/mol. The van der Waals surface area contributed by atoms with Gasteiger partial charge < -0.3 is 5.32 Å². The summed E-state index contributed by atoms with van der Waals surface area (Å²) in [6, 6.07) is 11.9. The van der Waals surface area contributed by atoms with Crippen molar-refractivity contribution in [3.8, 4) is 5.69 Å². The van der Waals surface area contributed by atoms with Gasteiger partial charge in [-0.05, 0) is 49.7 Å². The molecule has 0 fully saturated rings. The first-order valence-corrected chi connectivity index (χ1v) is 10.8. The lowest BCUT2D eigenvalue weighted by atomic mass is 10.1. The minimum absolute atomic E-state index is 0.114. The molecule has 0 aliphatic rings. The van der Waals surface area contributed by atoms with Gasteiger partial charge in [-0.25, -0.2) is 13.1 Å². The van der Waals surface area contributed by atoms with E-state index in [4.69, 9.17) is 0 Å². The number of aromatic nitrogens is 2. The maximum Gasteiger partial charge on any atom is 0.434 e. The predicted octanol–water partition coefficient (Wildman–Crippen LogP) is 4.21. The molecular formula is C20H19F3N4O3S. The number of hydrogen-bond acceptors (Lipinski definition) is 4. The monoisotopic (exact) mass is 452 g/mol. The quantitative estimate of drug-likeness (QED) is 0.586. The van der Waals surface area contributed by atoms with Crippen molar-refractivity contribution in [2.45, 2.75) is 20.0 Å². The first kappa shape index (κ1) is 22.3. The zero-order chi connectivity index (χ0) is 22.8. The van der Waals surface area contributed by atoms with Crippen LogP contribution in [0.1, 0.15) is 28.5 Å². The summed E-state index contributed by atoms with van der Waals surface area (Å²) >= 11 is 0. The zero-order valence-electron chi connectivity index (χ0n) is 16.6. The molecule has 3 rings (SSSR count). The summed E-state index contributed by atoms with van der Waals surface area (Å²) in [6.07, 6.45) is -3.96. The molecule has 1 aromatic heterocycles. The number of carbonyl (C=O) groups is 1. The van der Waals surface area contributed by atoms with Gasteiger partial charge in [0, 0.05) is 11.4 Å². The molecule has 0 aliphatic carbocycles. The van der Waals surface area contributed by atoms with Crippen LogP contribution in [0.4, 0.5) is 24.5 Å². The van der Waals surface area contributed by atoms with E-state index in [1.807, 2.05) is 0 Å². The largest absolute Gasteiger partial charge is 0.434 e. The van der Waals surface area contributed by atoms with E-state index in [0.717, 1.165) is 6.20 Å². The van der Waals surface area contributed by atoms with E-state index < -0.39 is 33.4 Å². The van der Waals surface area contributed by atoms with Crippen molar-refractivity contribution in [1.29, 1.82) is 0 Å². The lowest BCUT2D eigenvalue weighted by Gasteiger charge is -2.14. The second kappa shape index (κ2) is 8.42. The van der Waals surface area contributed by atoms with E-state index in [2.05, 4.69) is 15.1 Å². The second-order valence-corrected chi connectivity index (χ2v) is 8.65. The van der Waals surface area contributed by atoms with Crippen molar-refractivity contribution in [3.05, 3.63) is 71.5 Å². The molecule has 0 bridgehead atoms. The van der Waals surface area contributed by atoms with Crippen molar-refractivity contribution in [2.24, 2.45) is 0 Å². The molecule has 3 aromatic rings. The summed E-state index contributed by atoms with van der Waals surface area (Å²) in [5.74, 6) is -1.11. The number of alkyl halides is 3. The summed E-state index contributed by atoms with van der Waals surface area (Å²) in [6.45, 7) is 3.12. The van der Waals surface area contributed by atoms with E-state index in [1.165, 1.54) is 37.3 Å². The third-order valence-electron chi connectivity index (χ3n) is 4.42. The van der Waals surface area contributed by atoms with Gasteiger partial charge in [0.05, 0.1) is 23.2 Å². The molecule has 1 heterocycles. The third kappa shape index (κ3) is 5.05. The lowest BCUT2D eigenvalue weighted by molar-refractivity contribution is -0.143. The van der Waals surface area contributed by atoms with Gasteiger partial charge in [-0.3, -0.25) is 9.52 Å². The van der Waals surface area contributed by atoms with Gasteiger partial charge in [-0.2, -0.15) is 18.3 Å². The van der Waals surface area contributed by atoms with Gasteiger partial charge in [-0.15, -0.1) is 0 Å². The van der Waals surface area contributed by atoms with Crippen molar-refractivity contribution < 1.29 is 26.4 Å². The Balaban J connectivity index is 1.90. The minimum Gasteiger partial charge on any atom is -0.322 e. The Hall–Kier alpha value is -3.34. The Bertz CT molecular complexity index is 1200. The standard InChI is InChI=1S/C20H19F3N4O3S/c1-3-31(29,30)26-15-10-8-14(9-11-15)25-19(28)16-12-24-27(18(16)20(21,22)23)17-7-5-4-6-13(17)2/h4-12,26H,3H2,1-2H3,(H,25,28). The number of halogens is 3. The molecule has 2 aromatic carbocycles. The summed E-state index contributed by atoms with van der Waals surface area (Å²) in [4.78, 5) is 12.6. The number of anilines is 2.